The summed E-state index contributed by atoms with van der Waals surface area (Å²) in [6.45, 7) is 4.84. The molecule has 0 rings (SSSR count). The molecule has 494 valence electrons. The molecule has 9 heteroatoms. The van der Waals surface area contributed by atoms with Gasteiger partial charge in [0.2, 0.25) is 0 Å². The molecule has 0 aromatic rings. The summed E-state index contributed by atoms with van der Waals surface area (Å²) >= 11 is 0. The van der Waals surface area contributed by atoms with Gasteiger partial charge in [-0.15, -0.1) is 0 Å². The van der Waals surface area contributed by atoms with Crippen molar-refractivity contribution in [2.75, 3.05) is 47.5 Å². The van der Waals surface area contributed by atoms with Crippen LogP contribution in [0.3, 0.4) is 0 Å². The number of ether oxygens (including phenoxy) is 4. The van der Waals surface area contributed by atoms with Crippen LogP contribution in [0, 0.1) is 0 Å². The number of unbranched alkanes of at least 4 members (excludes halogenated alkanes) is 56. The molecule has 0 saturated carbocycles. The molecule has 0 saturated heterocycles. The molecule has 0 fully saturated rings. The SMILES string of the molecule is CCCCCCCCCCCCCCCCCCCCCCCCCCCCCCCCCCCCCCCCCCC(=O)OC(COC(=O)CCCCCCCCCCCCCCCCCCCC)COC(OCC[N+](C)(C)C)C(=O)[O-]. The Morgan fingerprint density at radius 3 is 0.771 bits per heavy atom. The van der Waals surface area contributed by atoms with Crippen LogP contribution in [-0.2, 0) is 33.3 Å². The molecule has 0 N–H and O–H groups in total. The molecule has 0 aromatic heterocycles. The van der Waals surface area contributed by atoms with E-state index in [4.69, 9.17) is 18.9 Å². The molecule has 83 heavy (non-hydrogen) atoms. The predicted molar refractivity (Wildman–Crippen MR) is 353 cm³/mol. The lowest BCUT2D eigenvalue weighted by Gasteiger charge is -2.26. The molecule has 0 aliphatic carbocycles. The average Bonchev–Trinajstić information content (AvgIpc) is 3.46. The van der Waals surface area contributed by atoms with Gasteiger partial charge in [0.15, 0.2) is 12.4 Å². The summed E-state index contributed by atoms with van der Waals surface area (Å²) < 4.78 is 22.8. The highest BCUT2D eigenvalue weighted by atomic mass is 16.7. The van der Waals surface area contributed by atoms with Gasteiger partial charge in [-0.3, -0.25) is 9.59 Å². The number of carboxylic acid groups (broad SMARTS) is 1. The highest BCUT2D eigenvalue weighted by Gasteiger charge is 2.22. The average molecular weight is 1180 g/mol. The Balaban J connectivity index is 3.89. The van der Waals surface area contributed by atoms with E-state index in [0.717, 1.165) is 38.5 Å². The summed E-state index contributed by atoms with van der Waals surface area (Å²) in [4.78, 5) is 37.4. The first kappa shape index (κ1) is 81.3. The molecule has 0 radical (unpaired) electrons. The monoisotopic (exact) mass is 1180 g/mol. The molecule has 0 bridgehead atoms. The third kappa shape index (κ3) is 67.7. The van der Waals surface area contributed by atoms with Gasteiger partial charge in [-0.2, -0.15) is 0 Å². The number of carbonyl (C=O) groups is 3. The van der Waals surface area contributed by atoms with Gasteiger partial charge >= 0.3 is 11.9 Å². The minimum Gasteiger partial charge on any atom is -0.545 e. The van der Waals surface area contributed by atoms with Crippen LogP contribution >= 0.6 is 0 Å². The van der Waals surface area contributed by atoms with Gasteiger partial charge in [-0.05, 0) is 12.8 Å². The number of rotatable bonds is 71. The Labute approximate surface area is 517 Å². The minimum absolute atomic E-state index is 0.154. The number of quaternary nitrogens is 1. The molecule has 0 heterocycles. The Kier molecular flexibility index (Phi) is 64.9. The summed E-state index contributed by atoms with van der Waals surface area (Å²) in [6.07, 6.45) is 76.6. The first-order chi connectivity index (χ1) is 40.6. The zero-order valence-electron chi connectivity index (χ0n) is 56.6. The van der Waals surface area contributed by atoms with Crippen LogP contribution in [0.1, 0.15) is 399 Å². The van der Waals surface area contributed by atoms with Gasteiger partial charge in [-0.1, -0.05) is 373 Å². The van der Waals surface area contributed by atoms with Crippen molar-refractivity contribution in [2.24, 2.45) is 0 Å². The molecular formula is C74H145NO8. The third-order valence-corrected chi connectivity index (χ3v) is 17.4. The van der Waals surface area contributed by atoms with Crippen LogP contribution < -0.4 is 5.11 Å². The normalized spacial score (nSPS) is 12.5. The van der Waals surface area contributed by atoms with Crippen molar-refractivity contribution in [3.05, 3.63) is 0 Å². The number of carbonyl (C=O) groups excluding carboxylic acids is 3. The van der Waals surface area contributed by atoms with Gasteiger partial charge in [-0.25, -0.2) is 0 Å². The van der Waals surface area contributed by atoms with Gasteiger partial charge in [0.05, 0.1) is 40.3 Å². The highest BCUT2D eigenvalue weighted by molar-refractivity contribution is 5.70. The lowest BCUT2D eigenvalue weighted by atomic mass is 10.0. The van der Waals surface area contributed by atoms with E-state index in [0.29, 0.717) is 17.4 Å². The largest absolute Gasteiger partial charge is 0.545 e. The lowest BCUT2D eigenvalue weighted by molar-refractivity contribution is -0.870. The molecular weight excluding hydrogens is 1030 g/mol. The quantitative estimate of drug-likeness (QED) is 0.0256. The van der Waals surface area contributed by atoms with Crippen LogP contribution in [-0.4, -0.2) is 82.3 Å². The van der Waals surface area contributed by atoms with E-state index < -0.39 is 24.3 Å². The molecule has 2 unspecified atom stereocenters. The van der Waals surface area contributed by atoms with Gasteiger partial charge in [0, 0.05) is 12.8 Å². The van der Waals surface area contributed by atoms with Crippen LogP contribution in [0.15, 0.2) is 0 Å². The minimum atomic E-state index is -1.62. The van der Waals surface area contributed by atoms with Crippen molar-refractivity contribution in [1.29, 1.82) is 0 Å². The summed E-state index contributed by atoms with van der Waals surface area (Å²) in [5.74, 6) is -2.24. The van der Waals surface area contributed by atoms with E-state index in [1.165, 1.54) is 334 Å². The fourth-order valence-corrected chi connectivity index (χ4v) is 11.7. The second kappa shape index (κ2) is 66.2. The van der Waals surface area contributed by atoms with Crippen LogP contribution in [0.4, 0.5) is 0 Å². The molecule has 2 atom stereocenters. The first-order valence-corrected chi connectivity index (χ1v) is 37.2. The Bertz CT molecular complexity index is 1320. The van der Waals surface area contributed by atoms with Crippen LogP contribution in [0.2, 0.25) is 0 Å². The van der Waals surface area contributed by atoms with E-state index >= 15 is 0 Å². The zero-order valence-corrected chi connectivity index (χ0v) is 56.6. The lowest BCUT2D eigenvalue weighted by Crippen LogP contribution is -2.44. The Morgan fingerprint density at radius 2 is 0.542 bits per heavy atom. The number of esters is 2. The van der Waals surface area contributed by atoms with Crippen molar-refractivity contribution in [1.82, 2.24) is 0 Å². The Morgan fingerprint density at radius 1 is 0.313 bits per heavy atom. The van der Waals surface area contributed by atoms with E-state index in [2.05, 4.69) is 13.8 Å². The van der Waals surface area contributed by atoms with Crippen molar-refractivity contribution in [3.63, 3.8) is 0 Å². The molecule has 0 spiro atoms. The van der Waals surface area contributed by atoms with E-state index in [9.17, 15) is 19.5 Å². The second-order valence-electron chi connectivity index (χ2n) is 27.0. The highest BCUT2D eigenvalue weighted by Crippen LogP contribution is 2.20. The standard InChI is InChI=1S/C74H145NO8/c1-6-8-10-12-14-16-18-20-22-24-26-27-28-29-30-31-32-33-34-35-36-37-38-39-40-41-42-43-44-45-46-47-49-51-53-55-57-59-61-63-65-72(77)83-70(69-82-74(73(78)79)80-67-66-75(3,4)5)68-81-71(76)64-62-60-58-56-54-52-50-48-25-23-21-19-17-15-13-11-9-7-2/h70,74H,6-69H2,1-5H3. The van der Waals surface area contributed by atoms with Crippen molar-refractivity contribution >= 4 is 17.9 Å². The van der Waals surface area contributed by atoms with Crippen molar-refractivity contribution in [2.45, 2.75) is 411 Å². The number of nitrogens with zero attached hydrogens (tertiary/aromatic N) is 1. The smallest absolute Gasteiger partial charge is 0.306 e. The summed E-state index contributed by atoms with van der Waals surface area (Å²) in [6, 6.07) is 0. The van der Waals surface area contributed by atoms with E-state index in [1.54, 1.807) is 0 Å². The summed E-state index contributed by atoms with van der Waals surface area (Å²) in [5.41, 5.74) is 0. The molecule has 0 aromatic carbocycles. The zero-order chi connectivity index (χ0) is 60.5. The Hall–Kier alpha value is -1.71. The molecule has 0 amide bonds. The number of hydrogen-bond donors (Lipinski definition) is 0. The number of aliphatic carboxylic acids is 1. The third-order valence-electron chi connectivity index (χ3n) is 17.4. The number of hydrogen-bond acceptors (Lipinski definition) is 8. The van der Waals surface area contributed by atoms with Crippen LogP contribution in [0.5, 0.6) is 0 Å². The van der Waals surface area contributed by atoms with Crippen molar-refractivity contribution in [3.8, 4) is 0 Å². The molecule has 0 aliphatic rings. The van der Waals surface area contributed by atoms with Gasteiger partial charge in [0.25, 0.3) is 0 Å². The topological polar surface area (TPSA) is 111 Å². The van der Waals surface area contributed by atoms with E-state index in [1.807, 2.05) is 21.1 Å². The fraction of sp³-hybridized carbons (Fsp3) is 0.959. The van der Waals surface area contributed by atoms with Gasteiger partial charge in [0.1, 0.15) is 13.2 Å². The maximum Gasteiger partial charge on any atom is 0.306 e. The van der Waals surface area contributed by atoms with Crippen molar-refractivity contribution < 1.29 is 42.9 Å². The summed E-state index contributed by atoms with van der Waals surface area (Å²) in [5, 5.41) is 11.8. The maximum absolute atomic E-state index is 12.9. The maximum atomic E-state index is 12.9. The molecule has 0 aliphatic heterocycles. The summed E-state index contributed by atoms with van der Waals surface area (Å²) in [7, 11) is 5.95. The fourth-order valence-electron chi connectivity index (χ4n) is 11.7. The number of likely N-dealkylation sites (N-methyl/N-ethyl adjacent to an activating group) is 1. The van der Waals surface area contributed by atoms with Crippen LogP contribution in [0.25, 0.3) is 0 Å². The second-order valence-corrected chi connectivity index (χ2v) is 27.0. The molecule has 9 nitrogen and oxygen atoms in total. The predicted octanol–water partition coefficient (Wildman–Crippen LogP) is 21.7. The van der Waals surface area contributed by atoms with E-state index in [-0.39, 0.29) is 32.2 Å². The van der Waals surface area contributed by atoms with Gasteiger partial charge < -0.3 is 33.3 Å². The number of carboxylic acids is 1. The first-order valence-electron chi connectivity index (χ1n) is 37.2.